The summed E-state index contributed by atoms with van der Waals surface area (Å²) in [4.78, 5) is 14.4. The number of urea groups is 1. The molecular weight excluding hydrogens is 432 g/mol. The predicted octanol–water partition coefficient (Wildman–Crippen LogP) is 4.62. The maximum absolute atomic E-state index is 12.7. The summed E-state index contributed by atoms with van der Waals surface area (Å²) in [5, 5.41) is 2.91. The predicted molar refractivity (Wildman–Crippen MR) is 110 cm³/mol. The molecule has 2 rings (SSSR count). The summed E-state index contributed by atoms with van der Waals surface area (Å²) in [6.45, 7) is 3.11. The summed E-state index contributed by atoms with van der Waals surface area (Å²) in [7, 11) is -3.56. The van der Waals surface area contributed by atoms with Crippen LogP contribution in [-0.4, -0.2) is 32.1 Å². The zero-order valence-electron chi connectivity index (χ0n) is 15.3. The highest BCUT2D eigenvalue weighted by molar-refractivity contribution is 9.10. The van der Waals surface area contributed by atoms with E-state index in [9.17, 15) is 13.2 Å². The van der Waals surface area contributed by atoms with Gasteiger partial charge in [-0.1, -0.05) is 47.5 Å². The van der Waals surface area contributed by atoms with Crippen molar-refractivity contribution < 1.29 is 17.4 Å². The molecule has 2 aromatic rings. The zero-order chi connectivity index (χ0) is 19.9. The molecule has 0 fully saturated rings. The molecule has 0 saturated heterocycles. The van der Waals surface area contributed by atoms with E-state index < -0.39 is 10.1 Å². The van der Waals surface area contributed by atoms with Gasteiger partial charge in [-0.2, -0.15) is 8.42 Å². The number of benzene rings is 2. The molecule has 8 heteroatoms. The van der Waals surface area contributed by atoms with Gasteiger partial charge in [-0.25, -0.2) is 4.79 Å². The Labute approximate surface area is 168 Å². The molecule has 0 spiro atoms. The molecule has 2 amide bonds. The van der Waals surface area contributed by atoms with Gasteiger partial charge >= 0.3 is 16.1 Å². The number of carbonyl (C=O) groups is 1. The van der Waals surface area contributed by atoms with E-state index in [-0.39, 0.29) is 11.8 Å². The van der Waals surface area contributed by atoms with Crippen LogP contribution in [0.1, 0.15) is 25.3 Å². The average molecular weight is 455 g/mol. The van der Waals surface area contributed by atoms with Crippen LogP contribution in [0, 0.1) is 0 Å². The lowest BCUT2D eigenvalue weighted by Gasteiger charge is -2.23. The van der Waals surface area contributed by atoms with Gasteiger partial charge < -0.3 is 14.4 Å². The second-order valence-corrected chi connectivity index (χ2v) is 8.64. The third-order valence-corrected chi connectivity index (χ3v) is 4.68. The van der Waals surface area contributed by atoms with Gasteiger partial charge in [0.2, 0.25) is 0 Å². The van der Waals surface area contributed by atoms with E-state index in [1.54, 1.807) is 29.2 Å². The van der Waals surface area contributed by atoms with Crippen LogP contribution < -0.4 is 9.50 Å². The molecule has 27 heavy (non-hydrogen) atoms. The maximum atomic E-state index is 12.7. The number of amides is 2. The summed E-state index contributed by atoms with van der Waals surface area (Å²) in [6, 6.07) is 13.9. The number of carbonyl (C=O) groups excluding carboxylic acids is 1. The van der Waals surface area contributed by atoms with Gasteiger partial charge in [0.05, 0.1) is 6.26 Å². The van der Waals surface area contributed by atoms with Gasteiger partial charge in [-0.05, 0) is 42.3 Å². The lowest BCUT2D eigenvalue weighted by molar-refractivity contribution is 0.208. The topological polar surface area (TPSA) is 75.7 Å². The van der Waals surface area contributed by atoms with Gasteiger partial charge in [0.15, 0.2) is 0 Å². The van der Waals surface area contributed by atoms with E-state index in [0.29, 0.717) is 18.8 Å². The van der Waals surface area contributed by atoms with Crippen LogP contribution >= 0.6 is 15.9 Å². The second-order valence-electron chi connectivity index (χ2n) is 6.15. The molecule has 0 heterocycles. The van der Waals surface area contributed by atoms with Gasteiger partial charge in [-0.15, -0.1) is 0 Å². The second kappa shape index (κ2) is 9.75. The summed E-state index contributed by atoms with van der Waals surface area (Å²) in [6.07, 6.45) is 2.86. The fraction of sp³-hybridized carbons (Fsp3) is 0.316. The summed E-state index contributed by atoms with van der Waals surface area (Å²) >= 11 is 3.39. The van der Waals surface area contributed by atoms with Crippen molar-refractivity contribution >= 4 is 37.8 Å². The van der Waals surface area contributed by atoms with E-state index >= 15 is 0 Å². The molecule has 6 nitrogen and oxygen atoms in total. The molecule has 146 valence electrons. The number of anilines is 1. The number of nitrogens with zero attached hydrogens (tertiary/aromatic N) is 1. The monoisotopic (exact) mass is 454 g/mol. The molecular formula is C19H23BrN2O4S. The van der Waals surface area contributed by atoms with Gasteiger partial charge in [-0.3, -0.25) is 0 Å². The molecule has 0 aliphatic rings. The third-order valence-electron chi connectivity index (χ3n) is 3.69. The van der Waals surface area contributed by atoms with Crippen molar-refractivity contribution in [3.05, 3.63) is 58.6 Å². The van der Waals surface area contributed by atoms with E-state index in [1.165, 1.54) is 0 Å². The maximum Gasteiger partial charge on any atom is 0.322 e. The van der Waals surface area contributed by atoms with Crippen LogP contribution in [0.15, 0.2) is 53.0 Å². The molecule has 0 aliphatic heterocycles. The van der Waals surface area contributed by atoms with E-state index in [1.807, 2.05) is 24.3 Å². The minimum atomic E-state index is -3.56. The number of hydrogen-bond acceptors (Lipinski definition) is 4. The average Bonchev–Trinajstić information content (AvgIpc) is 2.58. The quantitative estimate of drug-likeness (QED) is 0.590. The van der Waals surface area contributed by atoms with Crippen LogP contribution in [0.4, 0.5) is 10.5 Å². The largest absolute Gasteiger partial charge is 0.383 e. The lowest BCUT2D eigenvalue weighted by Crippen LogP contribution is -2.35. The highest BCUT2D eigenvalue weighted by Gasteiger charge is 2.14. The van der Waals surface area contributed by atoms with Crippen LogP contribution in [-0.2, 0) is 16.7 Å². The van der Waals surface area contributed by atoms with Crippen molar-refractivity contribution in [3.8, 4) is 5.75 Å². The lowest BCUT2D eigenvalue weighted by atomic mass is 10.2. The first kappa shape index (κ1) is 21.2. The Kier molecular flexibility index (Phi) is 7.67. The Morgan fingerprint density at radius 2 is 1.89 bits per heavy atom. The number of unbranched alkanes of at least 4 members (excludes halogenated alkanes) is 1. The SMILES string of the molecule is CCCCN(Cc1ccc(OS(C)(=O)=O)cc1)C(=O)Nc1cccc(Br)c1. The zero-order valence-corrected chi connectivity index (χ0v) is 17.7. The molecule has 0 aromatic heterocycles. The Morgan fingerprint density at radius 1 is 1.19 bits per heavy atom. The van der Waals surface area contributed by atoms with Crippen molar-refractivity contribution in [2.45, 2.75) is 26.3 Å². The van der Waals surface area contributed by atoms with Crippen LogP contribution in [0.3, 0.4) is 0 Å². The van der Waals surface area contributed by atoms with Crippen LogP contribution in [0.5, 0.6) is 5.75 Å². The molecule has 0 bridgehead atoms. The Bertz CT molecular complexity index is 870. The van der Waals surface area contributed by atoms with Gasteiger partial charge in [0, 0.05) is 23.2 Å². The number of hydrogen-bond donors (Lipinski definition) is 1. The number of nitrogens with one attached hydrogen (secondary N) is 1. The number of halogens is 1. The molecule has 0 unspecified atom stereocenters. The summed E-state index contributed by atoms with van der Waals surface area (Å²) in [5.74, 6) is 0.250. The molecule has 1 N–H and O–H groups in total. The molecule has 2 aromatic carbocycles. The fourth-order valence-corrected chi connectivity index (χ4v) is 3.28. The number of rotatable bonds is 8. The van der Waals surface area contributed by atoms with E-state index in [4.69, 9.17) is 4.18 Å². The minimum Gasteiger partial charge on any atom is -0.383 e. The third kappa shape index (κ3) is 7.60. The Balaban J connectivity index is 2.07. The highest BCUT2D eigenvalue weighted by Crippen LogP contribution is 2.18. The van der Waals surface area contributed by atoms with Crippen molar-refractivity contribution in [2.24, 2.45) is 0 Å². The first-order valence-corrected chi connectivity index (χ1v) is 11.2. The van der Waals surface area contributed by atoms with Crippen molar-refractivity contribution in [3.63, 3.8) is 0 Å². The van der Waals surface area contributed by atoms with Gasteiger partial charge in [0.25, 0.3) is 0 Å². The standard InChI is InChI=1S/C19H23BrN2O4S/c1-3-4-12-22(19(23)21-17-7-5-6-16(20)13-17)14-15-8-10-18(11-9-15)26-27(2,24)25/h5-11,13H,3-4,12,14H2,1-2H3,(H,21,23). The molecule has 0 radical (unpaired) electrons. The van der Waals surface area contributed by atoms with Crippen molar-refractivity contribution in [2.75, 3.05) is 18.1 Å². The fourth-order valence-electron chi connectivity index (χ4n) is 2.42. The van der Waals surface area contributed by atoms with E-state index in [0.717, 1.165) is 29.1 Å². The van der Waals surface area contributed by atoms with Crippen molar-refractivity contribution in [1.82, 2.24) is 4.90 Å². The van der Waals surface area contributed by atoms with Crippen LogP contribution in [0.25, 0.3) is 0 Å². The normalized spacial score (nSPS) is 11.1. The van der Waals surface area contributed by atoms with Crippen LogP contribution in [0.2, 0.25) is 0 Å². The molecule has 0 saturated carbocycles. The molecule has 0 atom stereocenters. The highest BCUT2D eigenvalue weighted by atomic mass is 79.9. The van der Waals surface area contributed by atoms with Gasteiger partial charge in [0.1, 0.15) is 5.75 Å². The Hall–Kier alpha value is -2.06. The van der Waals surface area contributed by atoms with Crippen molar-refractivity contribution in [1.29, 1.82) is 0 Å². The first-order chi connectivity index (χ1) is 12.8. The summed E-state index contributed by atoms with van der Waals surface area (Å²) < 4.78 is 28.1. The first-order valence-electron chi connectivity index (χ1n) is 8.56. The smallest absolute Gasteiger partial charge is 0.322 e. The Morgan fingerprint density at radius 3 is 2.48 bits per heavy atom. The minimum absolute atomic E-state index is 0.182. The van der Waals surface area contributed by atoms with E-state index in [2.05, 4.69) is 28.2 Å². The summed E-state index contributed by atoms with van der Waals surface area (Å²) in [5.41, 5.74) is 1.60. The molecule has 0 aliphatic carbocycles.